The number of primary sulfonamides is 1. The van der Waals surface area contributed by atoms with Crippen LogP contribution >= 0.6 is 11.3 Å². The number of nitrogens with one attached hydrogen (secondary N) is 1. The second kappa shape index (κ2) is 7.17. The van der Waals surface area contributed by atoms with Crippen molar-refractivity contribution < 1.29 is 26.4 Å². The molecule has 0 unspecified atom stereocenters. The van der Waals surface area contributed by atoms with Gasteiger partial charge in [0.15, 0.2) is 0 Å². The molecule has 0 amide bonds. The third-order valence-corrected chi connectivity index (χ3v) is 7.67. The van der Waals surface area contributed by atoms with Gasteiger partial charge in [-0.05, 0) is 31.2 Å². The fraction of sp³-hybridized carbons (Fsp3) is 0.118. The lowest BCUT2D eigenvalue weighted by atomic mass is 10.2. The van der Waals surface area contributed by atoms with E-state index in [0.29, 0.717) is 10.3 Å². The fourth-order valence-corrected chi connectivity index (χ4v) is 6.40. The van der Waals surface area contributed by atoms with E-state index < -0.39 is 30.9 Å². The van der Waals surface area contributed by atoms with Crippen LogP contribution in [0.3, 0.4) is 0 Å². The average molecular weight is 441 g/mol. The zero-order valence-electron chi connectivity index (χ0n) is 14.8. The Labute approximate surface area is 166 Å². The second-order valence-corrected chi connectivity index (χ2v) is 10.2. The Kier molecular flexibility index (Phi) is 5.19. The Balaban J connectivity index is 2.18. The molecule has 0 fully saturated rings. The zero-order chi connectivity index (χ0) is 20.7. The molecule has 148 valence electrons. The Morgan fingerprint density at radius 1 is 1.11 bits per heavy atom. The van der Waals surface area contributed by atoms with Crippen LogP contribution < -0.4 is 9.86 Å². The maximum absolute atomic E-state index is 13.1. The third-order valence-electron chi connectivity index (χ3n) is 3.93. The third kappa shape index (κ3) is 3.74. The second-order valence-electron chi connectivity index (χ2n) is 5.84. The highest BCUT2D eigenvalue weighted by molar-refractivity contribution is 7.93. The molecule has 28 heavy (non-hydrogen) atoms. The van der Waals surface area contributed by atoms with E-state index in [1.165, 1.54) is 17.4 Å². The number of ether oxygens (including phenoxy) is 1. The van der Waals surface area contributed by atoms with Crippen LogP contribution in [0.5, 0.6) is 0 Å². The zero-order valence-corrected chi connectivity index (χ0v) is 17.2. The van der Waals surface area contributed by atoms with E-state index in [2.05, 4.69) is 9.46 Å². The number of aryl methyl sites for hydroxylation is 1. The predicted octanol–water partition coefficient (Wildman–Crippen LogP) is 2.44. The first-order valence-electron chi connectivity index (χ1n) is 7.80. The Morgan fingerprint density at radius 2 is 1.79 bits per heavy atom. The summed E-state index contributed by atoms with van der Waals surface area (Å²) in [5.74, 6) is -0.751. The maximum Gasteiger partial charge on any atom is 0.337 e. The van der Waals surface area contributed by atoms with Crippen molar-refractivity contribution in [3.8, 4) is 0 Å². The molecule has 1 aromatic heterocycles. The fourth-order valence-electron chi connectivity index (χ4n) is 2.78. The molecule has 0 aliphatic rings. The molecule has 0 saturated carbocycles. The molecule has 0 aliphatic carbocycles. The Hall–Kier alpha value is -2.47. The number of anilines is 1. The molecule has 1 heterocycles. The van der Waals surface area contributed by atoms with Gasteiger partial charge in [0.1, 0.15) is 9.79 Å². The van der Waals surface area contributed by atoms with Crippen molar-refractivity contribution in [3.05, 3.63) is 52.9 Å². The number of methoxy groups -OCH3 is 1. The van der Waals surface area contributed by atoms with Gasteiger partial charge in [-0.1, -0.05) is 18.2 Å². The van der Waals surface area contributed by atoms with E-state index in [1.807, 2.05) is 0 Å². The van der Waals surface area contributed by atoms with Crippen molar-refractivity contribution in [2.24, 2.45) is 5.14 Å². The van der Waals surface area contributed by atoms with E-state index in [-0.39, 0.29) is 16.1 Å². The summed E-state index contributed by atoms with van der Waals surface area (Å²) in [6, 6.07) is 10.3. The number of fused-ring (bicyclic) bond motifs is 1. The molecule has 2 aromatic carbocycles. The first-order valence-corrected chi connectivity index (χ1v) is 11.7. The summed E-state index contributed by atoms with van der Waals surface area (Å²) < 4.78 is 57.5. The smallest absolute Gasteiger partial charge is 0.337 e. The summed E-state index contributed by atoms with van der Waals surface area (Å²) in [5, 5.41) is 5.71. The number of rotatable bonds is 5. The first-order chi connectivity index (χ1) is 13.0. The van der Waals surface area contributed by atoms with Gasteiger partial charge in [0.05, 0.1) is 18.4 Å². The summed E-state index contributed by atoms with van der Waals surface area (Å²) in [6.07, 6.45) is 0. The van der Waals surface area contributed by atoms with Crippen LogP contribution in [0.4, 0.5) is 5.69 Å². The SMILES string of the molecule is COC(=O)c1ccc(S(N)(=O)=O)c(NS(=O)(=O)c2c(C)sc3ccccc23)c1. The highest BCUT2D eigenvalue weighted by atomic mass is 32.2. The number of benzene rings is 2. The normalized spacial score (nSPS) is 12.1. The molecule has 3 rings (SSSR count). The summed E-state index contributed by atoms with van der Waals surface area (Å²) in [6.45, 7) is 1.66. The summed E-state index contributed by atoms with van der Waals surface area (Å²) >= 11 is 1.30. The summed E-state index contributed by atoms with van der Waals surface area (Å²) in [5.41, 5.74) is -0.362. The van der Waals surface area contributed by atoms with Crippen molar-refractivity contribution in [2.75, 3.05) is 11.8 Å². The topological polar surface area (TPSA) is 133 Å². The number of sulfonamides is 2. The van der Waals surface area contributed by atoms with Crippen LogP contribution in [0, 0.1) is 6.92 Å². The number of carbonyl (C=O) groups excluding carboxylic acids is 1. The van der Waals surface area contributed by atoms with Crippen LogP contribution in [-0.2, 0) is 24.8 Å². The molecule has 11 heteroatoms. The molecule has 0 radical (unpaired) electrons. The van der Waals surface area contributed by atoms with Gasteiger partial charge in [0.2, 0.25) is 10.0 Å². The molecule has 0 aliphatic heterocycles. The number of hydrogen-bond acceptors (Lipinski definition) is 7. The minimum absolute atomic E-state index is 0.0282. The lowest BCUT2D eigenvalue weighted by molar-refractivity contribution is 0.0600. The van der Waals surface area contributed by atoms with E-state index in [1.54, 1.807) is 31.2 Å². The molecule has 0 atom stereocenters. The van der Waals surface area contributed by atoms with Gasteiger partial charge >= 0.3 is 5.97 Å². The van der Waals surface area contributed by atoms with Crippen LogP contribution in [0.2, 0.25) is 0 Å². The van der Waals surface area contributed by atoms with Crippen molar-refractivity contribution >= 4 is 53.1 Å². The predicted molar refractivity (Wildman–Crippen MR) is 107 cm³/mol. The summed E-state index contributed by atoms with van der Waals surface area (Å²) in [7, 11) is -7.27. The number of carbonyl (C=O) groups is 1. The van der Waals surface area contributed by atoms with Gasteiger partial charge < -0.3 is 4.74 Å². The van der Waals surface area contributed by atoms with Gasteiger partial charge in [-0.3, -0.25) is 4.72 Å². The molecule has 0 spiro atoms. The first kappa shape index (κ1) is 20.3. The summed E-state index contributed by atoms with van der Waals surface area (Å²) in [4.78, 5) is 11.9. The monoisotopic (exact) mass is 440 g/mol. The molecule has 3 aromatic rings. The van der Waals surface area contributed by atoms with Gasteiger partial charge in [-0.25, -0.2) is 26.8 Å². The lowest BCUT2D eigenvalue weighted by Gasteiger charge is -2.13. The highest BCUT2D eigenvalue weighted by Crippen LogP contribution is 2.35. The molecular weight excluding hydrogens is 424 g/mol. The Morgan fingerprint density at radius 3 is 2.43 bits per heavy atom. The highest BCUT2D eigenvalue weighted by Gasteiger charge is 2.26. The van der Waals surface area contributed by atoms with Gasteiger partial charge in [-0.2, -0.15) is 0 Å². The standard InChI is InChI=1S/C17H16N2O6S3/c1-10-16(12-5-3-4-6-14(12)26-10)28(23,24)19-13-9-11(17(20)25-2)7-8-15(13)27(18,21)22/h3-9,19H,1-2H3,(H2,18,21,22). The minimum atomic E-state index is -4.25. The van der Waals surface area contributed by atoms with Crippen molar-refractivity contribution in [1.82, 2.24) is 0 Å². The average Bonchev–Trinajstić information content (AvgIpc) is 2.96. The van der Waals surface area contributed by atoms with Gasteiger partial charge in [0.25, 0.3) is 10.0 Å². The van der Waals surface area contributed by atoms with E-state index >= 15 is 0 Å². The molecular formula is C17H16N2O6S3. The number of nitrogens with two attached hydrogens (primary N) is 1. The quantitative estimate of drug-likeness (QED) is 0.586. The van der Waals surface area contributed by atoms with Crippen molar-refractivity contribution in [2.45, 2.75) is 16.7 Å². The van der Waals surface area contributed by atoms with Crippen LogP contribution in [0.25, 0.3) is 10.1 Å². The van der Waals surface area contributed by atoms with Crippen LogP contribution in [0.1, 0.15) is 15.2 Å². The number of esters is 1. The minimum Gasteiger partial charge on any atom is -0.465 e. The lowest BCUT2D eigenvalue weighted by Crippen LogP contribution is -2.19. The van der Waals surface area contributed by atoms with Crippen LogP contribution in [-0.4, -0.2) is 29.9 Å². The molecule has 0 saturated heterocycles. The molecule has 3 N–H and O–H groups in total. The van der Waals surface area contributed by atoms with E-state index in [9.17, 15) is 21.6 Å². The van der Waals surface area contributed by atoms with E-state index in [4.69, 9.17) is 5.14 Å². The van der Waals surface area contributed by atoms with Crippen molar-refractivity contribution in [1.29, 1.82) is 0 Å². The molecule has 8 nitrogen and oxygen atoms in total. The largest absolute Gasteiger partial charge is 0.465 e. The van der Waals surface area contributed by atoms with Gasteiger partial charge in [0, 0.05) is 15.0 Å². The van der Waals surface area contributed by atoms with E-state index in [0.717, 1.165) is 23.9 Å². The number of thiophene rings is 1. The number of hydrogen-bond donors (Lipinski definition) is 2. The molecule has 0 bridgehead atoms. The van der Waals surface area contributed by atoms with Gasteiger partial charge in [-0.15, -0.1) is 11.3 Å². The van der Waals surface area contributed by atoms with Crippen molar-refractivity contribution in [3.63, 3.8) is 0 Å². The maximum atomic E-state index is 13.1. The van der Waals surface area contributed by atoms with Crippen LogP contribution in [0.15, 0.2) is 52.3 Å². The Bertz CT molecular complexity index is 1290.